The molecule has 1 fully saturated rings. The third kappa shape index (κ3) is 2.18. The number of carboxylic acids is 1. The molecular formula is C15H17N3O4. The normalized spacial score (nSPS) is 18.4. The number of benzene rings is 1. The maximum Gasteiger partial charge on any atom is 0.328 e. The summed E-state index contributed by atoms with van der Waals surface area (Å²) in [5.41, 5.74) is 2.40. The van der Waals surface area contributed by atoms with E-state index in [2.05, 4.69) is 0 Å². The van der Waals surface area contributed by atoms with Gasteiger partial charge in [0.1, 0.15) is 0 Å². The summed E-state index contributed by atoms with van der Waals surface area (Å²) in [6.45, 7) is 0.599. The minimum Gasteiger partial charge on any atom is -0.481 e. The van der Waals surface area contributed by atoms with Crippen LogP contribution in [-0.2, 0) is 30.2 Å². The summed E-state index contributed by atoms with van der Waals surface area (Å²) in [4.78, 5) is 36.3. The van der Waals surface area contributed by atoms with Crippen molar-refractivity contribution in [3.8, 4) is 0 Å². The molecule has 3 rings (SSSR count). The van der Waals surface area contributed by atoms with Crippen molar-refractivity contribution in [1.82, 2.24) is 14.0 Å². The van der Waals surface area contributed by atoms with Crippen LogP contribution in [0, 0.1) is 5.92 Å². The van der Waals surface area contributed by atoms with E-state index in [1.54, 1.807) is 28.1 Å². The number of likely N-dealkylation sites (tertiary alicyclic amines) is 1. The molecule has 0 aliphatic carbocycles. The van der Waals surface area contributed by atoms with E-state index >= 15 is 0 Å². The molecule has 1 N–H and O–H groups in total. The first-order chi connectivity index (χ1) is 10.4. The molecule has 0 unspecified atom stereocenters. The van der Waals surface area contributed by atoms with Gasteiger partial charge in [0.15, 0.2) is 0 Å². The standard InChI is InChI=1S/C15H17N3O4/c1-16-11-4-3-9(5-12(11)17(2)15(16)22)7-18-8-10(14(20)21)6-13(18)19/h3-5,10H,6-8H2,1-2H3,(H,20,21)/t10-/m0/s1. The van der Waals surface area contributed by atoms with Gasteiger partial charge in [-0.25, -0.2) is 4.79 Å². The van der Waals surface area contributed by atoms with E-state index < -0.39 is 11.9 Å². The summed E-state index contributed by atoms with van der Waals surface area (Å²) in [6, 6.07) is 5.59. The number of carbonyl (C=O) groups excluding carboxylic acids is 1. The highest BCUT2D eigenvalue weighted by molar-refractivity contribution is 5.86. The average molecular weight is 303 g/mol. The lowest BCUT2D eigenvalue weighted by Crippen LogP contribution is -2.25. The van der Waals surface area contributed by atoms with E-state index in [-0.39, 0.29) is 24.6 Å². The largest absolute Gasteiger partial charge is 0.481 e. The molecule has 116 valence electrons. The molecule has 22 heavy (non-hydrogen) atoms. The number of carbonyl (C=O) groups is 2. The van der Waals surface area contributed by atoms with Crippen LogP contribution in [0.2, 0.25) is 0 Å². The summed E-state index contributed by atoms with van der Waals surface area (Å²) in [5.74, 6) is -1.71. The predicted octanol–water partition coefficient (Wildman–Crippen LogP) is 0.310. The van der Waals surface area contributed by atoms with Crippen molar-refractivity contribution in [1.29, 1.82) is 0 Å². The molecule has 2 heterocycles. The topological polar surface area (TPSA) is 84.5 Å². The highest BCUT2D eigenvalue weighted by atomic mass is 16.4. The first-order valence-corrected chi connectivity index (χ1v) is 7.03. The first-order valence-electron chi connectivity index (χ1n) is 7.03. The first kappa shape index (κ1) is 14.4. The van der Waals surface area contributed by atoms with Gasteiger partial charge in [-0.15, -0.1) is 0 Å². The van der Waals surface area contributed by atoms with Crippen molar-refractivity contribution in [2.75, 3.05) is 6.54 Å². The third-order valence-corrected chi connectivity index (χ3v) is 4.27. The number of aliphatic carboxylic acids is 1. The smallest absolute Gasteiger partial charge is 0.328 e. The van der Waals surface area contributed by atoms with Crippen molar-refractivity contribution >= 4 is 22.9 Å². The Morgan fingerprint density at radius 3 is 2.55 bits per heavy atom. The fourth-order valence-corrected chi connectivity index (χ4v) is 2.96. The average Bonchev–Trinajstić information content (AvgIpc) is 2.95. The van der Waals surface area contributed by atoms with Crippen LogP contribution in [0.3, 0.4) is 0 Å². The van der Waals surface area contributed by atoms with Gasteiger partial charge in [0.2, 0.25) is 5.91 Å². The summed E-state index contributed by atoms with van der Waals surface area (Å²) < 4.78 is 3.13. The van der Waals surface area contributed by atoms with Gasteiger partial charge in [-0.2, -0.15) is 0 Å². The molecule has 0 spiro atoms. The van der Waals surface area contributed by atoms with Crippen LogP contribution in [0.25, 0.3) is 11.0 Å². The number of aromatic nitrogens is 2. The number of amides is 1. The van der Waals surface area contributed by atoms with Crippen LogP contribution in [0.4, 0.5) is 0 Å². The zero-order chi connectivity index (χ0) is 16.0. The van der Waals surface area contributed by atoms with Gasteiger partial charge in [0.05, 0.1) is 17.0 Å². The molecule has 0 bridgehead atoms. The molecule has 1 aliphatic heterocycles. The Bertz CT molecular complexity index is 833. The summed E-state index contributed by atoms with van der Waals surface area (Å²) in [5, 5.41) is 9.01. The molecule has 1 aromatic heterocycles. The number of imidazole rings is 1. The van der Waals surface area contributed by atoms with Crippen molar-refractivity contribution in [3.63, 3.8) is 0 Å². The van der Waals surface area contributed by atoms with Crippen molar-refractivity contribution < 1.29 is 14.7 Å². The fourth-order valence-electron chi connectivity index (χ4n) is 2.96. The lowest BCUT2D eigenvalue weighted by atomic mass is 10.1. The minimum atomic E-state index is -0.934. The number of rotatable bonds is 3. The van der Waals surface area contributed by atoms with Crippen molar-refractivity contribution in [3.05, 3.63) is 34.2 Å². The van der Waals surface area contributed by atoms with Crippen LogP contribution in [0.5, 0.6) is 0 Å². The number of fused-ring (bicyclic) bond motifs is 1. The SMILES string of the molecule is Cn1c(=O)n(C)c2cc(CN3C[C@@H](C(=O)O)CC3=O)ccc21. The number of nitrogens with zero attached hydrogens (tertiary/aromatic N) is 3. The lowest BCUT2D eigenvalue weighted by Gasteiger charge is -2.16. The molecule has 7 nitrogen and oxygen atoms in total. The highest BCUT2D eigenvalue weighted by Gasteiger charge is 2.34. The van der Waals surface area contributed by atoms with Gasteiger partial charge >= 0.3 is 11.7 Å². The second kappa shape index (κ2) is 5.01. The maximum absolute atomic E-state index is 11.9. The van der Waals surface area contributed by atoms with Crippen LogP contribution in [0.15, 0.2) is 23.0 Å². The van der Waals surface area contributed by atoms with Crippen LogP contribution in [-0.4, -0.2) is 37.6 Å². The Labute approximate surface area is 126 Å². The Morgan fingerprint density at radius 2 is 1.91 bits per heavy atom. The second-order valence-electron chi connectivity index (χ2n) is 5.74. The quantitative estimate of drug-likeness (QED) is 0.884. The van der Waals surface area contributed by atoms with Crippen LogP contribution >= 0.6 is 0 Å². The molecular weight excluding hydrogens is 286 g/mol. The molecule has 1 atom stereocenters. The van der Waals surface area contributed by atoms with E-state index in [0.29, 0.717) is 6.54 Å². The third-order valence-electron chi connectivity index (χ3n) is 4.27. The Balaban J connectivity index is 1.89. The van der Waals surface area contributed by atoms with Crippen molar-refractivity contribution in [2.24, 2.45) is 20.0 Å². The van der Waals surface area contributed by atoms with Crippen LogP contribution < -0.4 is 5.69 Å². The van der Waals surface area contributed by atoms with E-state index in [1.165, 1.54) is 0 Å². The highest BCUT2D eigenvalue weighted by Crippen LogP contribution is 2.22. The molecule has 0 saturated carbocycles. The van der Waals surface area contributed by atoms with E-state index in [4.69, 9.17) is 5.11 Å². The van der Waals surface area contributed by atoms with E-state index in [0.717, 1.165) is 16.6 Å². The monoisotopic (exact) mass is 303 g/mol. The van der Waals surface area contributed by atoms with Crippen molar-refractivity contribution in [2.45, 2.75) is 13.0 Å². The number of aryl methyl sites for hydroxylation is 2. The van der Waals surface area contributed by atoms with E-state index in [9.17, 15) is 14.4 Å². The molecule has 1 aliphatic rings. The van der Waals surface area contributed by atoms with Gasteiger partial charge in [-0.05, 0) is 17.7 Å². The number of carboxylic acid groups (broad SMARTS) is 1. The molecule has 1 amide bonds. The lowest BCUT2D eigenvalue weighted by molar-refractivity contribution is -0.141. The van der Waals surface area contributed by atoms with Gasteiger partial charge < -0.3 is 10.0 Å². The van der Waals surface area contributed by atoms with Gasteiger partial charge in [0, 0.05) is 33.6 Å². The minimum absolute atomic E-state index is 0.0569. The Kier molecular flexibility index (Phi) is 3.27. The second-order valence-corrected chi connectivity index (χ2v) is 5.74. The molecule has 1 aromatic carbocycles. The molecule has 0 radical (unpaired) electrons. The van der Waals surface area contributed by atoms with E-state index in [1.807, 2.05) is 18.2 Å². The number of hydrogen-bond acceptors (Lipinski definition) is 3. The summed E-state index contributed by atoms with van der Waals surface area (Å²) >= 11 is 0. The van der Waals surface area contributed by atoms with Gasteiger partial charge in [-0.1, -0.05) is 6.07 Å². The molecule has 7 heteroatoms. The summed E-state index contributed by atoms with van der Waals surface area (Å²) in [6.07, 6.45) is 0.0569. The predicted molar refractivity (Wildman–Crippen MR) is 79.3 cm³/mol. The van der Waals surface area contributed by atoms with Crippen LogP contribution in [0.1, 0.15) is 12.0 Å². The maximum atomic E-state index is 11.9. The molecule has 1 saturated heterocycles. The van der Waals surface area contributed by atoms with Gasteiger partial charge in [-0.3, -0.25) is 18.7 Å². The Morgan fingerprint density at radius 1 is 1.23 bits per heavy atom. The Hall–Kier alpha value is -2.57. The number of hydrogen-bond donors (Lipinski definition) is 1. The molecule has 2 aromatic rings. The zero-order valence-corrected chi connectivity index (χ0v) is 12.4. The fraction of sp³-hybridized carbons (Fsp3) is 0.400. The van der Waals surface area contributed by atoms with Gasteiger partial charge in [0.25, 0.3) is 0 Å². The zero-order valence-electron chi connectivity index (χ0n) is 12.4. The summed E-state index contributed by atoms with van der Waals surface area (Å²) in [7, 11) is 3.42.